The monoisotopic (exact) mass is 266 g/mol. The zero-order chi connectivity index (χ0) is 13.6. The van der Waals surface area contributed by atoms with E-state index in [0.29, 0.717) is 13.2 Å². The summed E-state index contributed by atoms with van der Waals surface area (Å²) in [5.74, 6) is -1.85. The van der Waals surface area contributed by atoms with Crippen molar-refractivity contribution < 1.29 is 23.9 Å². The van der Waals surface area contributed by atoms with Crippen LogP contribution in [0.1, 0.15) is 32.6 Å². The summed E-state index contributed by atoms with van der Waals surface area (Å²) in [6, 6.07) is 0. The summed E-state index contributed by atoms with van der Waals surface area (Å²) in [6.07, 6.45) is 1.73. The van der Waals surface area contributed by atoms with Crippen LogP contribution in [0.4, 0.5) is 0 Å². The molecule has 0 N–H and O–H groups in total. The van der Waals surface area contributed by atoms with E-state index in [4.69, 9.17) is 9.47 Å². The highest BCUT2D eigenvalue weighted by Gasteiger charge is 2.64. The van der Waals surface area contributed by atoms with Crippen LogP contribution in [0, 0.1) is 11.8 Å². The van der Waals surface area contributed by atoms with Gasteiger partial charge in [0.05, 0.1) is 12.7 Å². The van der Waals surface area contributed by atoms with Crippen molar-refractivity contribution in [1.29, 1.82) is 0 Å². The van der Waals surface area contributed by atoms with Crippen LogP contribution in [0.5, 0.6) is 0 Å². The Bertz CT molecular complexity index is 425. The van der Waals surface area contributed by atoms with E-state index in [0.717, 1.165) is 6.42 Å². The molecule has 2 heterocycles. The molecule has 2 atom stereocenters. The summed E-state index contributed by atoms with van der Waals surface area (Å²) in [6.45, 7) is 2.83. The van der Waals surface area contributed by atoms with E-state index >= 15 is 0 Å². The first-order chi connectivity index (χ1) is 9.08. The Kier molecular flexibility index (Phi) is 3.06. The third kappa shape index (κ3) is 1.96. The molecule has 3 fully saturated rings. The minimum Gasteiger partial charge on any atom is -0.378 e. The molecule has 0 amide bonds. The van der Waals surface area contributed by atoms with Crippen LogP contribution in [0.25, 0.3) is 0 Å². The molecule has 19 heavy (non-hydrogen) atoms. The summed E-state index contributed by atoms with van der Waals surface area (Å²) in [4.78, 5) is 35.8. The molecule has 0 aromatic carbocycles. The topological polar surface area (TPSA) is 73.0 Å². The Morgan fingerprint density at radius 3 is 2.58 bits per heavy atom. The maximum atomic E-state index is 12.1. The van der Waals surface area contributed by atoms with E-state index in [9.17, 15) is 14.4 Å². The lowest BCUT2D eigenvalue weighted by atomic mass is 9.71. The second-order valence-electron chi connectivity index (χ2n) is 5.69. The minimum absolute atomic E-state index is 0.112. The van der Waals surface area contributed by atoms with Gasteiger partial charge in [-0.05, 0) is 6.42 Å². The van der Waals surface area contributed by atoms with Gasteiger partial charge in [-0.3, -0.25) is 14.4 Å². The molecule has 0 aromatic rings. The molecule has 2 unspecified atom stereocenters. The number of hydrogen-bond acceptors (Lipinski definition) is 5. The maximum Gasteiger partial charge on any atom is 0.151 e. The predicted molar refractivity (Wildman–Crippen MR) is 64.6 cm³/mol. The summed E-state index contributed by atoms with van der Waals surface area (Å²) in [5, 5.41) is 0. The standard InChI is InChI=1S/C14H18O5/c1-2-9(15)13-10(16)5-8(6-11(13)17)14-7-18-4-3-12(14)19-14/h8,12-13H,2-7H2,1H3. The van der Waals surface area contributed by atoms with Crippen LogP contribution < -0.4 is 0 Å². The Hall–Kier alpha value is -1.07. The van der Waals surface area contributed by atoms with Crippen molar-refractivity contribution in [1.82, 2.24) is 0 Å². The van der Waals surface area contributed by atoms with E-state index in [-0.39, 0.29) is 48.6 Å². The number of fused-ring (bicyclic) bond motifs is 1. The van der Waals surface area contributed by atoms with Gasteiger partial charge in [-0.15, -0.1) is 0 Å². The molecule has 3 aliphatic rings. The molecule has 5 nitrogen and oxygen atoms in total. The number of ketones is 3. The predicted octanol–water partition coefficient (Wildman–Crippen LogP) is 0.688. The largest absolute Gasteiger partial charge is 0.378 e. The van der Waals surface area contributed by atoms with E-state index < -0.39 is 11.5 Å². The van der Waals surface area contributed by atoms with Crippen molar-refractivity contribution in [3.8, 4) is 0 Å². The van der Waals surface area contributed by atoms with Gasteiger partial charge in [0.15, 0.2) is 17.3 Å². The molecule has 0 radical (unpaired) electrons. The quantitative estimate of drug-likeness (QED) is 0.555. The minimum atomic E-state index is -1.01. The molecular weight excluding hydrogens is 248 g/mol. The fraction of sp³-hybridized carbons (Fsp3) is 0.786. The molecule has 2 saturated heterocycles. The fourth-order valence-corrected chi connectivity index (χ4v) is 3.44. The van der Waals surface area contributed by atoms with Gasteiger partial charge in [0.1, 0.15) is 11.5 Å². The highest BCUT2D eigenvalue weighted by atomic mass is 16.6. The third-order valence-corrected chi connectivity index (χ3v) is 4.60. The van der Waals surface area contributed by atoms with Crippen LogP contribution in [-0.4, -0.2) is 42.3 Å². The van der Waals surface area contributed by atoms with Crippen molar-refractivity contribution in [3.05, 3.63) is 0 Å². The van der Waals surface area contributed by atoms with Gasteiger partial charge in [-0.1, -0.05) is 6.92 Å². The van der Waals surface area contributed by atoms with E-state index in [1.54, 1.807) is 6.92 Å². The third-order valence-electron chi connectivity index (χ3n) is 4.60. The fourth-order valence-electron chi connectivity index (χ4n) is 3.44. The smallest absolute Gasteiger partial charge is 0.151 e. The average Bonchev–Trinajstić information content (AvgIpc) is 3.13. The molecule has 0 bridgehead atoms. The first kappa shape index (κ1) is 12.9. The highest BCUT2D eigenvalue weighted by Crippen LogP contribution is 2.51. The van der Waals surface area contributed by atoms with Crippen LogP contribution in [-0.2, 0) is 23.9 Å². The maximum absolute atomic E-state index is 12.1. The molecule has 1 aliphatic carbocycles. The van der Waals surface area contributed by atoms with Gasteiger partial charge >= 0.3 is 0 Å². The lowest BCUT2D eigenvalue weighted by Crippen LogP contribution is -2.46. The van der Waals surface area contributed by atoms with Gasteiger partial charge in [0, 0.05) is 31.8 Å². The molecule has 0 aromatic heterocycles. The van der Waals surface area contributed by atoms with Crippen molar-refractivity contribution in [2.75, 3.05) is 13.2 Å². The number of carbonyl (C=O) groups is 3. The Labute approximate surface area is 111 Å². The van der Waals surface area contributed by atoms with Crippen molar-refractivity contribution in [3.63, 3.8) is 0 Å². The zero-order valence-corrected chi connectivity index (χ0v) is 11.0. The van der Waals surface area contributed by atoms with Crippen LogP contribution in [0.2, 0.25) is 0 Å². The van der Waals surface area contributed by atoms with Crippen molar-refractivity contribution in [2.45, 2.75) is 44.3 Å². The second kappa shape index (κ2) is 4.49. The summed E-state index contributed by atoms with van der Waals surface area (Å²) < 4.78 is 11.1. The van der Waals surface area contributed by atoms with Crippen LogP contribution in [0.3, 0.4) is 0 Å². The van der Waals surface area contributed by atoms with Gasteiger partial charge in [-0.25, -0.2) is 0 Å². The lowest BCUT2D eigenvalue weighted by molar-refractivity contribution is -0.144. The first-order valence-corrected chi connectivity index (χ1v) is 6.92. The molecule has 1 saturated carbocycles. The van der Waals surface area contributed by atoms with E-state index in [1.807, 2.05) is 0 Å². The Morgan fingerprint density at radius 2 is 2.00 bits per heavy atom. The van der Waals surface area contributed by atoms with Crippen molar-refractivity contribution >= 4 is 17.3 Å². The number of ether oxygens (including phenoxy) is 2. The van der Waals surface area contributed by atoms with Crippen LogP contribution in [0.15, 0.2) is 0 Å². The average molecular weight is 266 g/mol. The summed E-state index contributed by atoms with van der Waals surface area (Å²) in [5.41, 5.74) is -0.427. The molecule has 5 heteroatoms. The van der Waals surface area contributed by atoms with Gasteiger partial charge in [0.2, 0.25) is 0 Å². The zero-order valence-electron chi connectivity index (χ0n) is 11.0. The Morgan fingerprint density at radius 1 is 1.32 bits per heavy atom. The lowest BCUT2D eigenvalue weighted by Gasteiger charge is -2.31. The van der Waals surface area contributed by atoms with Crippen LogP contribution >= 0.6 is 0 Å². The SMILES string of the molecule is CCC(=O)C1C(=O)CC(C23COCCC2O3)CC1=O. The normalized spacial score (nSPS) is 41.8. The summed E-state index contributed by atoms with van der Waals surface area (Å²) >= 11 is 0. The number of Topliss-reactive ketones (excluding diaryl/α,β-unsaturated/α-hetero) is 3. The van der Waals surface area contributed by atoms with Gasteiger partial charge in [0.25, 0.3) is 0 Å². The molecule has 2 aliphatic heterocycles. The van der Waals surface area contributed by atoms with Gasteiger partial charge < -0.3 is 9.47 Å². The van der Waals surface area contributed by atoms with Gasteiger partial charge in [-0.2, -0.15) is 0 Å². The number of epoxide rings is 1. The highest BCUT2D eigenvalue weighted by molar-refractivity contribution is 6.20. The second-order valence-corrected chi connectivity index (χ2v) is 5.69. The Balaban J connectivity index is 1.74. The molecular formula is C14H18O5. The molecule has 3 rings (SSSR count). The number of rotatable bonds is 3. The van der Waals surface area contributed by atoms with Crippen molar-refractivity contribution in [2.24, 2.45) is 11.8 Å². The van der Waals surface area contributed by atoms with E-state index in [1.165, 1.54) is 0 Å². The molecule has 0 spiro atoms. The number of carbonyl (C=O) groups excluding carboxylic acids is 3. The van der Waals surface area contributed by atoms with E-state index in [2.05, 4.69) is 0 Å². The summed E-state index contributed by atoms with van der Waals surface area (Å²) in [7, 11) is 0. The molecule has 104 valence electrons. The first-order valence-electron chi connectivity index (χ1n) is 6.92. The number of hydrogen-bond donors (Lipinski definition) is 0.